The van der Waals surface area contributed by atoms with Gasteiger partial charge in [0.05, 0.1) is 19.3 Å². The number of esters is 1. The molecule has 3 rings (SSSR count). The van der Waals surface area contributed by atoms with Gasteiger partial charge in [-0.2, -0.15) is 0 Å². The average molecular weight is 398 g/mol. The van der Waals surface area contributed by atoms with E-state index >= 15 is 0 Å². The first-order valence-electron chi connectivity index (χ1n) is 10.0. The van der Waals surface area contributed by atoms with E-state index in [0.29, 0.717) is 5.69 Å². The second kappa shape index (κ2) is 8.07. The van der Waals surface area contributed by atoms with Crippen molar-refractivity contribution in [3.8, 4) is 16.9 Å². The molecule has 0 amide bonds. The SMILES string of the molecule is COC(=O)C(OC(C)(C)C)c1c(C)c(N)cc(C)c1-c1ccc2c(c1)CCCO2. The van der Waals surface area contributed by atoms with E-state index in [0.717, 1.165) is 53.0 Å². The van der Waals surface area contributed by atoms with Gasteiger partial charge in [-0.1, -0.05) is 6.07 Å². The van der Waals surface area contributed by atoms with E-state index < -0.39 is 17.7 Å². The number of fused-ring (bicyclic) bond motifs is 1. The molecule has 0 radical (unpaired) electrons. The van der Waals surface area contributed by atoms with Crippen molar-refractivity contribution in [2.45, 2.75) is 59.2 Å². The summed E-state index contributed by atoms with van der Waals surface area (Å²) >= 11 is 0. The minimum absolute atomic E-state index is 0.435. The molecule has 2 N–H and O–H groups in total. The summed E-state index contributed by atoms with van der Waals surface area (Å²) in [7, 11) is 1.38. The second-order valence-corrected chi connectivity index (χ2v) is 8.60. The van der Waals surface area contributed by atoms with E-state index in [1.807, 2.05) is 52.8 Å². The van der Waals surface area contributed by atoms with Crippen LogP contribution < -0.4 is 10.5 Å². The fourth-order valence-electron chi connectivity index (χ4n) is 3.88. The van der Waals surface area contributed by atoms with Crippen molar-refractivity contribution in [1.82, 2.24) is 0 Å². The Morgan fingerprint density at radius 1 is 1.21 bits per heavy atom. The van der Waals surface area contributed by atoms with Gasteiger partial charge in [0.1, 0.15) is 5.75 Å². The van der Waals surface area contributed by atoms with Crippen molar-refractivity contribution in [2.24, 2.45) is 0 Å². The quantitative estimate of drug-likeness (QED) is 0.586. The number of methoxy groups -OCH3 is 1. The van der Waals surface area contributed by atoms with Crippen LogP contribution in [0.25, 0.3) is 11.1 Å². The Balaban J connectivity index is 2.25. The van der Waals surface area contributed by atoms with Gasteiger partial charge in [-0.05, 0) is 93.5 Å². The molecular formula is C24H31NO4. The lowest BCUT2D eigenvalue weighted by Gasteiger charge is -2.30. The molecule has 1 atom stereocenters. The molecule has 1 aliphatic rings. The minimum Gasteiger partial charge on any atom is -0.493 e. The summed E-state index contributed by atoms with van der Waals surface area (Å²) in [6, 6.07) is 8.16. The summed E-state index contributed by atoms with van der Waals surface area (Å²) in [5.74, 6) is 0.498. The van der Waals surface area contributed by atoms with Gasteiger partial charge in [0.25, 0.3) is 0 Å². The third-order valence-electron chi connectivity index (χ3n) is 5.22. The highest BCUT2D eigenvalue weighted by atomic mass is 16.6. The predicted molar refractivity (Wildman–Crippen MR) is 115 cm³/mol. The first-order valence-corrected chi connectivity index (χ1v) is 10.0. The summed E-state index contributed by atoms with van der Waals surface area (Å²) in [4.78, 5) is 12.8. The summed E-state index contributed by atoms with van der Waals surface area (Å²) < 4.78 is 17.1. The van der Waals surface area contributed by atoms with Crippen LogP contribution in [0.4, 0.5) is 5.69 Å². The largest absolute Gasteiger partial charge is 0.493 e. The van der Waals surface area contributed by atoms with Crippen LogP contribution in [0.5, 0.6) is 5.75 Å². The summed E-state index contributed by atoms with van der Waals surface area (Å²) in [5, 5.41) is 0. The van der Waals surface area contributed by atoms with Gasteiger partial charge in [0, 0.05) is 11.3 Å². The van der Waals surface area contributed by atoms with Gasteiger partial charge in [-0.3, -0.25) is 0 Å². The molecule has 0 aromatic heterocycles. The first kappa shape index (κ1) is 21.2. The number of nitrogens with two attached hydrogens (primary N) is 1. The zero-order valence-corrected chi connectivity index (χ0v) is 18.2. The van der Waals surface area contributed by atoms with Crippen molar-refractivity contribution in [3.05, 3.63) is 46.5 Å². The third-order valence-corrected chi connectivity index (χ3v) is 5.22. The van der Waals surface area contributed by atoms with E-state index in [2.05, 4.69) is 6.07 Å². The number of hydrogen-bond acceptors (Lipinski definition) is 5. The van der Waals surface area contributed by atoms with Gasteiger partial charge >= 0.3 is 5.97 Å². The normalized spacial score (nSPS) is 14.7. The Morgan fingerprint density at radius 2 is 1.93 bits per heavy atom. The second-order valence-electron chi connectivity index (χ2n) is 8.60. The van der Waals surface area contributed by atoms with Gasteiger partial charge in [0.15, 0.2) is 6.10 Å². The number of anilines is 1. The number of benzene rings is 2. The lowest BCUT2D eigenvalue weighted by molar-refractivity contribution is -0.164. The standard InChI is InChI=1S/C24H31NO4/c1-14-12-18(25)15(2)21(22(23(26)27-6)29-24(3,4)5)20(14)17-9-10-19-16(13-17)8-7-11-28-19/h9-10,12-13,22H,7-8,11,25H2,1-6H3. The summed E-state index contributed by atoms with van der Waals surface area (Å²) in [5.41, 5.74) is 12.1. The molecule has 0 bridgehead atoms. The summed E-state index contributed by atoms with van der Waals surface area (Å²) in [6.45, 7) is 10.5. The van der Waals surface area contributed by atoms with E-state index in [1.165, 1.54) is 12.7 Å². The van der Waals surface area contributed by atoms with Crippen molar-refractivity contribution in [2.75, 3.05) is 19.5 Å². The van der Waals surface area contributed by atoms with Crippen LogP contribution in [0.2, 0.25) is 0 Å². The predicted octanol–water partition coefficient (Wildman–Crippen LogP) is 4.91. The molecule has 0 fully saturated rings. The Kier molecular flexibility index (Phi) is 5.90. The van der Waals surface area contributed by atoms with Crippen LogP contribution in [0.15, 0.2) is 24.3 Å². The van der Waals surface area contributed by atoms with Crippen molar-refractivity contribution in [3.63, 3.8) is 0 Å². The Labute approximate surface area is 173 Å². The van der Waals surface area contributed by atoms with Crippen molar-refractivity contribution >= 4 is 11.7 Å². The number of aryl methyl sites for hydroxylation is 2. The molecule has 1 heterocycles. The zero-order valence-electron chi connectivity index (χ0n) is 18.2. The fraction of sp³-hybridized carbons (Fsp3) is 0.458. The molecule has 1 unspecified atom stereocenters. The van der Waals surface area contributed by atoms with Crippen LogP contribution in [0.3, 0.4) is 0 Å². The van der Waals surface area contributed by atoms with Crippen molar-refractivity contribution < 1.29 is 19.0 Å². The Morgan fingerprint density at radius 3 is 2.59 bits per heavy atom. The molecule has 0 saturated carbocycles. The van der Waals surface area contributed by atoms with E-state index in [1.54, 1.807) is 0 Å². The van der Waals surface area contributed by atoms with Gasteiger partial charge < -0.3 is 19.9 Å². The molecule has 5 nitrogen and oxygen atoms in total. The highest BCUT2D eigenvalue weighted by molar-refractivity contribution is 5.85. The molecule has 5 heteroatoms. The van der Waals surface area contributed by atoms with Gasteiger partial charge in [-0.25, -0.2) is 4.79 Å². The van der Waals surface area contributed by atoms with Gasteiger partial charge in [-0.15, -0.1) is 0 Å². The number of ether oxygens (including phenoxy) is 3. The van der Waals surface area contributed by atoms with Gasteiger partial charge in [0.2, 0.25) is 0 Å². The number of carbonyl (C=O) groups excluding carboxylic acids is 1. The van der Waals surface area contributed by atoms with Crippen molar-refractivity contribution in [1.29, 1.82) is 0 Å². The molecule has 2 aromatic rings. The average Bonchev–Trinajstić information content (AvgIpc) is 2.67. The zero-order chi connectivity index (χ0) is 21.3. The molecule has 2 aromatic carbocycles. The lowest BCUT2D eigenvalue weighted by atomic mass is 9.86. The maximum absolute atomic E-state index is 12.8. The van der Waals surface area contributed by atoms with Crippen LogP contribution in [0.1, 0.15) is 55.5 Å². The molecule has 0 saturated heterocycles. The topological polar surface area (TPSA) is 70.8 Å². The molecular weight excluding hydrogens is 366 g/mol. The highest BCUT2D eigenvalue weighted by Crippen LogP contribution is 2.41. The number of carbonyl (C=O) groups is 1. The van der Waals surface area contributed by atoms with Crippen LogP contribution in [-0.4, -0.2) is 25.3 Å². The molecule has 29 heavy (non-hydrogen) atoms. The van der Waals surface area contributed by atoms with E-state index in [-0.39, 0.29) is 0 Å². The maximum atomic E-state index is 12.8. The van der Waals surface area contributed by atoms with E-state index in [9.17, 15) is 4.79 Å². The number of rotatable bonds is 4. The molecule has 0 spiro atoms. The minimum atomic E-state index is -0.871. The molecule has 0 aliphatic carbocycles. The smallest absolute Gasteiger partial charge is 0.339 e. The fourth-order valence-corrected chi connectivity index (χ4v) is 3.88. The van der Waals surface area contributed by atoms with Crippen LogP contribution >= 0.6 is 0 Å². The monoisotopic (exact) mass is 397 g/mol. The number of hydrogen-bond donors (Lipinski definition) is 1. The van der Waals surface area contributed by atoms with Crippen LogP contribution in [-0.2, 0) is 20.7 Å². The van der Waals surface area contributed by atoms with E-state index in [4.69, 9.17) is 19.9 Å². The summed E-state index contributed by atoms with van der Waals surface area (Å²) in [6.07, 6.45) is 1.11. The highest BCUT2D eigenvalue weighted by Gasteiger charge is 2.33. The maximum Gasteiger partial charge on any atom is 0.339 e. The number of nitrogen functional groups attached to an aromatic ring is 1. The Hall–Kier alpha value is -2.53. The lowest BCUT2D eigenvalue weighted by Crippen LogP contribution is -2.29. The molecule has 156 valence electrons. The molecule has 1 aliphatic heterocycles. The third kappa shape index (κ3) is 4.40. The first-order chi connectivity index (χ1) is 13.6. The Bertz CT molecular complexity index is 927. The van der Waals surface area contributed by atoms with Crippen LogP contribution in [0, 0.1) is 13.8 Å².